The van der Waals surface area contributed by atoms with Crippen molar-refractivity contribution in [3.63, 3.8) is 0 Å². The lowest BCUT2D eigenvalue weighted by molar-refractivity contribution is -0.149. The number of carbonyl (C=O) groups is 2. The minimum Gasteiger partial charge on any atom is -0.482 e. The molecule has 0 radical (unpaired) electrons. The number of carbonyl (C=O) groups excluding carboxylic acids is 2. The molecule has 1 amide bonds. The highest BCUT2D eigenvalue weighted by molar-refractivity contribution is 5.93. The van der Waals surface area contributed by atoms with E-state index in [-0.39, 0.29) is 12.2 Å². The molecule has 0 unspecified atom stereocenters. The zero-order valence-electron chi connectivity index (χ0n) is 17.4. The smallest absolute Gasteiger partial charge is 0.344 e. The molecule has 3 aromatic rings. The predicted octanol–water partition coefficient (Wildman–Crippen LogP) is 3.46. The summed E-state index contributed by atoms with van der Waals surface area (Å²) in [7, 11) is 0. The normalized spacial score (nSPS) is 12.5. The lowest BCUT2D eigenvalue weighted by atomic mass is 10.1. The first-order chi connectivity index (χ1) is 14.9. The molecule has 0 aliphatic heterocycles. The topological polar surface area (TPSA) is 94.8 Å². The van der Waals surface area contributed by atoms with Crippen LogP contribution in [0.3, 0.4) is 0 Å². The van der Waals surface area contributed by atoms with Crippen LogP contribution in [0.15, 0.2) is 45.6 Å². The number of amides is 1. The van der Waals surface area contributed by atoms with Crippen LogP contribution < -0.4 is 15.7 Å². The van der Waals surface area contributed by atoms with Crippen LogP contribution in [0.2, 0.25) is 0 Å². The van der Waals surface area contributed by atoms with E-state index < -0.39 is 18.5 Å². The number of anilines is 1. The minimum atomic E-state index is -0.675. The van der Waals surface area contributed by atoms with Crippen LogP contribution in [0, 0.1) is 13.8 Å². The Morgan fingerprint density at radius 1 is 1.03 bits per heavy atom. The van der Waals surface area contributed by atoms with E-state index in [9.17, 15) is 14.4 Å². The van der Waals surface area contributed by atoms with Crippen LogP contribution >= 0.6 is 0 Å². The molecular weight excluding hydrogens is 398 g/mol. The molecule has 2 aromatic carbocycles. The first-order valence-corrected chi connectivity index (χ1v) is 10.1. The second-order valence-corrected chi connectivity index (χ2v) is 7.67. The lowest BCUT2D eigenvalue weighted by Gasteiger charge is -2.10. The Hall–Kier alpha value is -3.61. The Bertz CT molecular complexity index is 1230. The van der Waals surface area contributed by atoms with Gasteiger partial charge in [-0.1, -0.05) is 17.7 Å². The van der Waals surface area contributed by atoms with Crippen LogP contribution in [-0.2, 0) is 27.2 Å². The predicted molar refractivity (Wildman–Crippen MR) is 116 cm³/mol. The zero-order valence-corrected chi connectivity index (χ0v) is 17.4. The van der Waals surface area contributed by atoms with E-state index in [4.69, 9.17) is 13.9 Å². The van der Waals surface area contributed by atoms with Crippen molar-refractivity contribution in [2.45, 2.75) is 33.1 Å². The SMILES string of the molecule is Cc1ccc(NC(=O)COC(=O)COc2ccc3c4c(c(=O)oc3c2)CCC4)c(C)c1. The third kappa shape index (κ3) is 4.60. The molecule has 0 bridgehead atoms. The van der Waals surface area contributed by atoms with Gasteiger partial charge in [0.25, 0.3) is 5.91 Å². The third-order valence-corrected chi connectivity index (χ3v) is 5.32. The Kier molecular flexibility index (Phi) is 5.75. The number of hydrogen-bond acceptors (Lipinski definition) is 6. The molecule has 31 heavy (non-hydrogen) atoms. The summed E-state index contributed by atoms with van der Waals surface area (Å²) in [6, 6.07) is 10.8. The minimum absolute atomic E-state index is 0.314. The maximum atomic E-state index is 12.1. The van der Waals surface area contributed by atoms with Crippen molar-refractivity contribution >= 4 is 28.5 Å². The standard InChI is InChI=1S/C24H23NO6/c1-14-6-9-20(15(2)10-14)25-22(26)12-30-23(27)13-29-16-7-8-18-17-4-3-5-19(17)24(28)31-21(18)11-16/h6-11H,3-5,12-13H2,1-2H3,(H,25,26). The summed E-state index contributed by atoms with van der Waals surface area (Å²) in [6.07, 6.45) is 2.54. The molecule has 4 rings (SSSR count). The number of fused-ring (bicyclic) bond motifs is 3. The average Bonchev–Trinajstić information content (AvgIpc) is 3.23. The second kappa shape index (κ2) is 8.63. The summed E-state index contributed by atoms with van der Waals surface area (Å²) < 4.78 is 15.8. The number of aryl methyl sites for hydroxylation is 3. The van der Waals surface area contributed by atoms with Crippen LogP contribution in [0.25, 0.3) is 11.0 Å². The highest BCUT2D eigenvalue weighted by atomic mass is 16.6. The molecule has 0 spiro atoms. The molecule has 0 atom stereocenters. The molecular formula is C24H23NO6. The van der Waals surface area contributed by atoms with Crippen LogP contribution in [0.5, 0.6) is 5.75 Å². The fourth-order valence-electron chi connectivity index (χ4n) is 3.82. The summed E-state index contributed by atoms with van der Waals surface area (Å²) >= 11 is 0. The second-order valence-electron chi connectivity index (χ2n) is 7.67. The molecule has 7 nitrogen and oxygen atoms in total. The molecule has 0 saturated heterocycles. The Balaban J connectivity index is 1.31. The quantitative estimate of drug-likeness (QED) is 0.484. The maximum absolute atomic E-state index is 12.1. The Morgan fingerprint density at radius 3 is 2.65 bits per heavy atom. The van der Waals surface area contributed by atoms with Crippen LogP contribution in [0.4, 0.5) is 5.69 Å². The number of esters is 1. The molecule has 1 aliphatic carbocycles. The van der Waals surface area contributed by atoms with Gasteiger partial charge < -0.3 is 19.2 Å². The summed E-state index contributed by atoms with van der Waals surface area (Å²) in [6.45, 7) is 3.09. The molecule has 0 saturated carbocycles. The van der Waals surface area contributed by atoms with E-state index >= 15 is 0 Å². The maximum Gasteiger partial charge on any atom is 0.344 e. The molecule has 1 N–H and O–H groups in total. The van der Waals surface area contributed by atoms with Gasteiger partial charge in [-0.25, -0.2) is 9.59 Å². The van der Waals surface area contributed by atoms with Gasteiger partial charge in [0.1, 0.15) is 11.3 Å². The third-order valence-electron chi connectivity index (χ3n) is 5.32. The number of nitrogens with one attached hydrogen (secondary N) is 1. The number of benzene rings is 2. The highest BCUT2D eigenvalue weighted by Gasteiger charge is 2.20. The van der Waals surface area contributed by atoms with Gasteiger partial charge in [0.2, 0.25) is 0 Å². The van der Waals surface area contributed by atoms with Gasteiger partial charge in [0.15, 0.2) is 13.2 Å². The first-order valence-electron chi connectivity index (χ1n) is 10.1. The fourth-order valence-corrected chi connectivity index (χ4v) is 3.82. The Morgan fingerprint density at radius 2 is 1.84 bits per heavy atom. The van der Waals surface area contributed by atoms with Crippen molar-refractivity contribution in [1.29, 1.82) is 0 Å². The van der Waals surface area contributed by atoms with E-state index in [1.807, 2.05) is 32.0 Å². The van der Waals surface area contributed by atoms with E-state index in [2.05, 4.69) is 5.32 Å². The summed E-state index contributed by atoms with van der Waals surface area (Å²) in [4.78, 5) is 36.1. The molecule has 160 valence electrons. The highest BCUT2D eigenvalue weighted by Crippen LogP contribution is 2.29. The molecule has 7 heteroatoms. The Labute approximate surface area is 179 Å². The van der Waals surface area contributed by atoms with E-state index in [0.29, 0.717) is 17.0 Å². The van der Waals surface area contributed by atoms with Gasteiger partial charge in [0.05, 0.1) is 0 Å². The van der Waals surface area contributed by atoms with Gasteiger partial charge in [0, 0.05) is 22.7 Å². The van der Waals surface area contributed by atoms with Crippen molar-refractivity contribution in [1.82, 2.24) is 0 Å². The number of rotatable bonds is 6. The zero-order chi connectivity index (χ0) is 22.0. The van der Waals surface area contributed by atoms with Gasteiger partial charge >= 0.3 is 11.6 Å². The fraction of sp³-hybridized carbons (Fsp3) is 0.292. The summed E-state index contributed by atoms with van der Waals surface area (Å²) in [5.74, 6) is -0.724. The van der Waals surface area contributed by atoms with E-state index in [1.165, 1.54) is 0 Å². The molecule has 1 aromatic heterocycles. The number of hydrogen-bond donors (Lipinski definition) is 1. The van der Waals surface area contributed by atoms with Crippen LogP contribution in [-0.4, -0.2) is 25.1 Å². The van der Waals surface area contributed by atoms with Crippen molar-refractivity contribution < 1.29 is 23.5 Å². The van der Waals surface area contributed by atoms with Crippen molar-refractivity contribution in [3.05, 3.63) is 69.1 Å². The molecule has 1 heterocycles. The molecule has 0 fully saturated rings. The first kappa shape index (κ1) is 20.7. The van der Waals surface area contributed by atoms with Gasteiger partial charge in [-0.15, -0.1) is 0 Å². The largest absolute Gasteiger partial charge is 0.482 e. The van der Waals surface area contributed by atoms with Gasteiger partial charge in [-0.05, 0) is 62.4 Å². The van der Waals surface area contributed by atoms with Crippen LogP contribution in [0.1, 0.15) is 28.7 Å². The molecule has 1 aliphatic rings. The number of ether oxygens (including phenoxy) is 2. The summed E-state index contributed by atoms with van der Waals surface area (Å²) in [5.41, 5.74) is 4.60. The van der Waals surface area contributed by atoms with E-state index in [0.717, 1.165) is 46.9 Å². The van der Waals surface area contributed by atoms with Gasteiger partial charge in [-0.2, -0.15) is 0 Å². The van der Waals surface area contributed by atoms with Crippen molar-refractivity contribution in [3.8, 4) is 5.75 Å². The average molecular weight is 421 g/mol. The van der Waals surface area contributed by atoms with Crippen molar-refractivity contribution in [2.75, 3.05) is 18.5 Å². The van der Waals surface area contributed by atoms with Gasteiger partial charge in [-0.3, -0.25) is 4.79 Å². The summed E-state index contributed by atoms with van der Waals surface area (Å²) in [5, 5.41) is 3.61. The lowest BCUT2D eigenvalue weighted by Crippen LogP contribution is -2.24. The monoisotopic (exact) mass is 421 g/mol. The van der Waals surface area contributed by atoms with Crippen molar-refractivity contribution in [2.24, 2.45) is 0 Å². The van der Waals surface area contributed by atoms with E-state index in [1.54, 1.807) is 18.2 Å².